The third-order valence-corrected chi connectivity index (χ3v) is 8.87. The topological polar surface area (TPSA) is 89.8 Å². The second-order valence-corrected chi connectivity index (χ2v) is 13.1. The van der Waals surface area contributed by atoms with Gasteiger partial charge >= 0.3 is 0 Å². The molecule has 0 aliphatic rings. The van der Waals surface area contributed by atoms with E-state index >= 15 is 0 Å². The molecule has 256 valence electrons. The van der Waals surface area contributed by atoms with Crippen molar-refractivity contribution in [3.05, 3.63) is 12.2 Å². The highest BCUT2D eigenvalue weighted by molar-refractivity contribution is 5.76. The fourth-order valence-corrected chi connectivity index (χ4v) is 5.86. The van der Waals surface area contributed by atoms with E-state index in [1.54, 1.807) is 0 Å². The molecule has 0 spiro atoms. The number of rotatable bonds is 34. The number of hydrogen-bond acceptors (Lipinski definition) is 4. The van der Waals surface area contributed by atoms with Gasteiger partial charge in [-0.15, -0.1) is 0 Å². The zero-order chi connectivity index (χ0) is 31.6. The molecule has 0 aromatic rings. The lowest BCUT2D eigenvalue weighted by molar-refractivity contribution is -0.124. The molecule has 0 aliphatic carbocycles. The van der Waals surface area contributed by atoms with Gasteiger partial charge in [-0.3, -0.25) is 4.79 Å². The predicted octanol–water partition coefficient (Wildman–Crippen LogP) is 10.1. The van der Waals surface area contributed by atoms with Crippen molar-refractivity contribution < 1.29 is 20.1 Å². The lowest BCUT2D eigenvalue weighted by Crippen LogP contribution is -2.50. The number of unbranched alkanes of at least 4 members (excludes halogenated alkanes) is 24. The van der Waals surface area contributed by atoms with Crippen LogP contribution >= 0.6 is 0 Å². The molecule has 0 radical (unpaired) electrons. The maximum absolute atomic E-state index is 12.3. The van der Waals surface area contributed by atoms with E-state index in [9.17, 15) is 20.1 Å². The van der Waals surface area contributed by atoms with E-state index in [0.29, 0.717) is 12.8 Å². The molecule has 0 aromatic carbocycles. The first-order chi connectivity index (χ1) is 21.1. The average Bonchev–Trinajstić information content (AvgIpc) is 3.01. The van der Waals surface area contributed by atoms with Gasteiger partial charge < -0.3 is 20.6 Å². The Bertz CT molecular complexity index is 596. The average molecular weight is 610 g/mol. The van der Waals surface area contributed by atoms with E-state index in [1.165, 1.54) is 128 Å². The first kappa shape index (κ1) is 42.1. The van der Waals surface area contributed by atoms with Crippen molar-refractivity contribution in [2.75, 3.05) is 6.61 Å². The second kappa shape index (κ2) is 34.0. The number of allylic oxidation sites excluding steroid dienone is 2. The number of carbonyl (C=O) groups excluding carboxylic acids is 1. The number of nitrogens with one attached hydrogen (secondary N) is 1. The maximum atomic E-state index is 12.3. The van der Waals surface area contributed by atoms with Gasteiger partial charge in [0.05, 0.1) is 18.8 Å². The minimum Gasteiger partial charge on any atom is -0.394 e. The van der Waals surface area contributed by atoms with Crippen molar-refractivity contribution in [3.8, 4) is 0 Å². The molecular formula is C38H75NO4. The second-order valence-electron chi connectivity index (χ2n) is 13.1. The molecule has 43 heavy (non-hydrogen) atoms. The molecule has 3 unspecified atom stereocenters. The van der Waals surface area contributed by atoms with E-state index in [1.807, 2.05) is 0 Å². The third kappa shape index (κ3) is 29.6. The Kier molecular flexibility index (Phi) is 33.3. The Morgan fingerprint density at radius 3 is 1.40 bits per heavy atom. The van der Waals surface area contributed by atoms with Gasteiger partial charge in [0.25, 0.3) is 0 Å². The molecule has 0 bridgehead atoms. The minimum atomic E-state index is -1.13. The highest BCUT2D eigenvalue weighted by atomic mass is 16.3. The number of hydrogen-bond donors (Lipinski definition) is 4. The quantitative estimate of drug-likeness (QED) is 0.0432. The van der Waals surface area contributed by atoms with Crippen LogP contribution in [0, 0.1) is 0 Å². The number of carbonyl (C=O) groups is 1. The molecule has 0 aromatic heterocycles. The van der Waals surface area contributed by atoms with Gasteiger partial charge in [0.1, 0.15) is 6.10 Å². The summed E-state index contributed by atoms with van der Waals surface area (Å²) in [5.41, 5.74) is 0. The summed E-state index contributed by atoms with van der Waals surface area (Å²) < 4.78 is 0. The molecule has 3 atom stereocenters. The van der Waals surface area contributed by atoms with E-state index < -0.39 is 18.2 Å². The number of aliphatic hydroxyl groups excluding tert-OH is 3. The van der Waals surface area contributed by atoms with E-state index in [0.717, 1.165) is 44.9 Å². The Morgan fingerprint density at radius 2 is 0.930 bits per heavy atom. The van der Waals surface area contributed by atoms with Gasteiger partial charge in [-0.1, -0.05) is 167 Å². The molecule has 5 heteroatoms. The van der Waals surface area contributed by atoms with Crippen LogP contribution in [0.4, 0.5) is 0 Å². The molecule has 5 nitrogen and oxygen atoms in total. The summed E-state index contributed by atoms with van der Waals surface area (Å²) in [5.74, 6) is -0.155. The number of aliphatic hydroxyl groups is 3. The highest BCUT2D eigenvalue weighted by Gasteiger charge is 2.26. The first-order valence-corrected chi connectivity index (χ1v) is 19.0. The Hall–Kier alpha value is -0.910. The van der Waals surface area contributed by atoms with Crippen molar-refractivity contribution in [2.24, 2.45) is 0 Å². The lowest BCUT2D eigenvalue weighted by atomic mass is 9.99. The summed E-state index contributed by atoms with van der Waals surface area (Å²) in [6.07, 6.45) is 37.3. The zero-order valence-electron chi connectivity index (χ0n) is 28.8. The summed E-state index contributed by atoms with van der Waals surface area (Å²) >= 11 is 0. The monoisotopic (exact) mass is 610 g/mol. The van der Waals surface area contributed by atoms with Crippen molar-refractivity contribution in [2.45, 2.75) is 218 Å². The van der Waals surface area contributed by atoms with Crippen LogP contribution in [-0.4, -0.2) is 46.1 Å². The summed E-state index contributed by atoms with van der Waals surface area (Å²) in [6, 6.07) is -0.808. The van der Waals surface area contributed by atoms with Gasteiger partial charge in [-0.05, 0) is 38.5 Å². The first-order valence-electron chi connectivity index (χ1n) is 19.0. The van der Waals surface area contributed by atoms with E-state index in [-0.39, 0.29) is 12.5 Å². The van der Waals surface area contributed by atoms with Crippen molar-refractivity contribution in [1.29, 1.82) is 0 Å². The van der Waals surface area contributed by atoms with Crippen LogP contribution in [0.5, 0.6) is 0 Å². The molecule has 0 heterocycles. The maximum Gasteiger partial charge on any atom is 0.220 e. The largest absolute Gasteiger partial charge is 0.394 e. The van der Waals surface area contributed by atoms with Crippen molar-refractivity contribution >= 4 is 5.91 Å². The molecule has 0 aliphatic heterocycles. The summed E-state index contributed by atoms with van der Waals surface area (Å²) in [7, 11) is 0. The van der Waals surface area contributed by atoms with Crippen LogP contribution in [0.1, 0.15) is 200 Å². The van der Waals surface area contributed by atoms with Gasteiger partial charge in [0.2, 0.25) is 5.91 Å². The molecule has 0 saturated carbocycles. The van der Waals surface area contributed by atoms with Crippen LogP contribution in [-0.2, 0) is 4.79 Å². The van der Waals surface area contributed by atoms with Gasteiger partial charge in [0, 0.05) is 6.42 Å². The fraction of sp³-hybridized carbons (Fsp3) is 0.921. The summed E-state index contributed by atoms with van der Waals surface area (Å²) in [4.78, 5) is 12.3. The summed E-state index contributed by atoms with van der Waals surface area (Å²) in [6.45, 7) is 4.14. The predicted molar refractivity (Wildman–Crippen MR) is 185 cm³/mol. The van der Waals surface area contributed by atoms with Gasteiger partial charge in [-0.2, -0.15) is 0 Å². The molecule has 1 amide bonds. The van der Waals surface area contributed by atoms with Crippen LogP contribution in [0.3, 0.4) is 0 Å². The molecule has 0 saturated heterocycles. The number of amides is 1. The van der Waals surface area contributed by atoms with E-state index in [4.69, 9.17) is 0 Å². The molecule has 0 rings (SSSR count). The van der Waals surface area contributed by atoms with Crippen molar-refractivity contribution in [3.63, 3.8) is 0 Å². The SMILES string of the molecule is CCCCC/C=C\CCCCCCCC(=O)NC(CO)C(O)C(O)CCCCCCCCCCCCCCCCCCC. The normalized spacial score (nSPS) is 13.9. The molecule has 4 N–H and O–H groups in total. The highest BCUT2D eigenvalue weighted by Crippen LogP contribution is 2.16. The zero-order valence-corrected chi connectivity index (χ0v) is 28.8. The Balaban J connectivity index is 3.66. The Labute approximate surface area is 268 Å². The molecule has 0 fully saturated rings. The molecular weight excluding hydrogens is 534 g/mol. The van der Waals surface area contributed by atoms with E-state index in [2.05, 4.69) is 31.3 Å². The van der Waals surface area contributed by atoms with Gasteiger partial charge in [-0.25, -0.2) is 0 Å². The van der Waals surface area contributed by atoms with Crippen LogP contribution in [0.25, 0.3) is 0 Å². The van der Waals surface area contributed by atoms with Crippen LogP contribution < -0.4 is 5.32 Å². The standard InChI is InChI=1S/C38H75NO4/c1-3-5-7-9-11-13-15-17-18-19-20-21-22-24-26-28-30-32-36(41)38(43)35(34-40)39-37(42)33-31-29-27-25-23-16-14-12-10-8-6-4-2/h12,14,35-36,38,40-41,43H,3-11,13,15-34H2,1-2H3,(H,39,42)/b14-12-. The lowest BCUT2D eigenvalue weighted by Gasteiger charge is -2.26. The van der Waals surface area contributed by atoms with Gasteiger partial charge in [0.15, 0.2) is 0 Å². The summed E-state index contributed by atoms with van der Waals surface area (Å²) in [5, 5.41) is 33.4. The van der Waals surface area contributed by atoms with Crippen molar-refractivity contribution in [1.82, 2.24) is 5.32 Å². The third-order valence-electron chi connectivity index (χ3n) is 8.87. The fourth-order valence-electron chi connectivity index (χ4n) is 5.86. The van der Waals surface area contributed by atoms with Crippen LogP contribution in [0.15, 0.2) is 12.2 Å². The Morgan fingerprint density at radius 1 is 0.558 bits per heavy atom. The smallest absolute Gasteiger partial charge is 0.220 e. The van der Waals surface area contributed by atoms with Crippen LogP contribution in [0.2, 0.25) is 0 Å². The minimum absolute atomic E-state index is 0.155.